The number of likely N-dealkylation sites (tertiary alicyclic amines) is 1. The number of hydrogen-bond donors (Lipinski definition) is 1. The SMILES string of the molecule is COc1cccc(C(C(N)=S)N2CCC(C)CC2)c1. The normalized spacial score (nSPS) is 19.1. The minimum atomic E-state index is 0.0256. The first-order valence-electron chi connectivity index (χ1n) is 6.79. The van der Waals surface area contributed by atoms with Gasteiger partial charge in [0.2, 0.25) is 0 Å². The molecule has 0 bridgehead atoms. The zero-order valence-electron chi connectivity index (χ0n) is 11.6. The van der Waals surface area contributed by atoms with Crippen molar-refractivity contribution in [2.24, 2.45) is 11.7 Å². The maximum atomic E-state index is 5.97. The molecule has 1 aromatic carbocycles. The lowest BCUT2D eigenvalue weighted by Gasteiger charge is -2.36. The van der Waals surface area contributed by atoms with Crippen LogP contribution in [-0.2, 0) is 0 Å². The summed E-state index contributed by atoms with van der Waals surface area (Å²) in [6.45, 7) is 4.42. The lowest BCUT2D eigenvalue weighted by Crippen LogP contribution is -2.41. The molecule has 2 rings (SSSR count). The molecule has 0 amide bonds. The van der Waals surface area contributed by atoms with Crippen LogP contribution >= 0.6 is 12.2 Å². The van der Waals surface area contributed by atoms with Gasteiger partial charge in [0, 0.05) is 0 Å². The molecular weight excluding hydrogens is 256 g/mol. The summed E-state index contributed by atoms with van der Waals surface area (Å²) in [5, 5.41) is 0. The maximum Gasteiger partial charge on any atom is 0.119 e. The Morgan fingerprint density at radius 2 is 2.11 bits per heavy atom. The highest BCUT2D eigenvalue weighted by Gasteiger charge is 2.26. The van der Waals surface area contributed by atoms with Crippen molar-refractivity contribution in [2.75, 3.05) is 20.2 Å². The fourth-order valence-electron chi connectivity index (χ4n) is 2.65. The van der Waals surface area contributed by atoms with E-state index in [4.69, 9.17) is 22.7 Å². The molecule has 4 heteroatoms. The van der Waals surface area contributed by atoms with Crippen LogP contribution in [0.25, 0.3) is 0 Å². The Balaban J connectivity index is 2.22. The molecule has 1 aromatic rings. The highest BCUT2D eigenvalue weighted by Crippen LogP contribution is 2.28. The largest absolute Gasteiger partial charge is 0.497 e. The quantitative estimate of drug-likeness (QED) is 0.860. The number of rotatable bonds is 4. The summed E-state index contributed by atoms with van der Waals surface area (Å²) in [5.41, 5.74) is 7.10. The number of benzene rings is 1. The molecule has 2 N–H and O–H groups in total. The van der Waals surface area contributed by atoms with Crippen molar-refractivity contribution < 1.29 is 4.74 Å². The van der Waals surface area contributed by atoms with Gasteiger partial charge in [0.25, 0.3) is 0 Å². The van der Waals surface area contributed by atoms with Gasteiger partial charge in [-0.2, -0.15) is 0 Å². The standard InChI is InChI=1S/C15H22N2OS/c1-11-6-8-17(9-7-11)14(15(16)19)12-4-3-5-13(10-12)18-2/h3-5,10-11,14H,6-9H2,1-2H3,(H2,16,19). The summed E-state index contributed by atoms with van der Waals surface area (Å²) >= 11 is 5.28. The number of ether oxygens (including phenoxy) is 1. The van der Waals surface area contributed by atoms with Crippen LogP contribution in [0, 0.1) is 5.92 Å². The summed E-state index contributed by atoms with van der Waals surface area (Å²) in [6.07, 6.45) is 2.42. The van der Waals surface area contributed by atoms with Gasteiger partial charge in [0.1, 0.15) is 5.75 Å². The highest BCUT2D eigenvalue weighted by atomic mass is 32.1. The molecule has 1 fully saturated rings. The van der Waals surface area contributed by atoms with Crippen LogP contribution in [0.15, 0.2) is 24.3 Å². The third kappa shape index (κ3) is 3.45. The van der Waals surface area contributed by atoms with Gasteiger partial charge in [-0.15, -0.1) is 0 Å². The van der Waals surface area contributed by atoms with Gasteiger partial charge in [0.15, 0.2) is 0 Å². The van der Waals surface area contributed by atoms with E-state index in [1.165, 1.54) is 12.8 Å². The Kier molecular flexibility index (Phi) is 4.77. The van der Waals surface area contributed by atoms with E-state index in [0.29, 0.717) is 4.99 Å². The molecule has 1 unspecified atom stereocenters. The van der Waals surface area contributed by atoms with Crippen molar-refractivity contribution in [3.63, 3.8) is 0 Å². The fourth-order valence-corrected chi connectivity index (χ4v) is 2.94. The van der Waals surface area contributed by atoms with Crippen LogP contribution in [0.2, 0.25) is 0 Å². The van der Waals surface area contributed by atoms with E-state index in [-0.39, 0.29) is 6.04 Å². The summed E-state index contributed by atoms with van der Waals surface area (Å²) in [7, 11) is 1.68. The van der Waals surface area contributed by atoms with E-state index in [9.17, 15) is 0 Å². The van der Waals surface area contributed by atoms with E-state index in [1.807, 2.05) is 18.2 Å². The monoisotopic (exact) mass is 278 g/mol. The summed E-state index contributed by atoms with van der Waals surface area (Å²) in [4.78, 5) is 2.93. The molecule has 19 heavy (non-hydrogen) atoms. The Labute approximate surface area is 120 Å². The number of methoxy groups -OCH3 is 1. The Morgan fingerprint density at radius 1 is 1.42 bits per heavy atom. The topological polar surface area (TPSA) is 38.5 Å². The smallest absolute Gasteiger partial charge is 0.119 e. The molecule has 0 aliphatic carbocycles. The molecule has 1 heterocycles. The van der Waals surface area contributed by atoms with E-state index in [0.717, 1.165) is 30.3 Å². The predicted molar refractivity (Wildman–Crippen MR) is 82.5 cm³/mol. The first-order chi connectivity index (χ1) is 9.11. The van der Waals surface area contributed by atoms with Gasteiger partial charge >= 0.3 is 0 Å². The highest BCUT2D eigenvalue weighted by molar-refractivity contribution is 7.80. The summed E-state index contributed by atoms with van der Waals surface area (Å²) in [5.74, 6) is 1.65. The number of nitrogens with zero attached hydrogens (tertiary/aromatic N) is 1. The van der Waals surface area contributed by atoms with Crippen LogP contribution in [0.5, 0.6) is 5.75 Å². The Morgan fingerprint density at radius 3 is 2.68 bits per heavy atom. The van der Waals surface area contributed by atoms with Crippen molar-refractivity contribution in [3.8, 4) is 5.75 Å². The molecule has 1 atom stereocenters. The number of thiocarbonyl (C=S) groups is 1. The van der Waals surface area contributed by atoms with Gasteiger partial charge in [0.05, 0.1) is 18.1 Å². The second kappa shape index (κ2) is 6.35. The Hall–Kier alpha value is -1.13. The van der Waals surface area contributed by atoms with Crippen LogP contribution in [-0.4, -0.2) is 30.1 Å². The van der Waals surface area contributed by atoms with Gasteiger partial charge < -0.3 is 10.5 Å². The van der Waals surface area contributed by atoms with Crippen molar-refractivity contribution >= 4 is 17.2 Å². The first-order valence-corrected chi connectivity index (χ1v) is 7.20. The van der Waals surface area contributed by atoms with Crippen molar-refractivity contribution in [1.29, 1.82) is 0 Å². The average Bonchev–Trinajstić information content (AvgIpc) is 2.41. The molecular formula is C15H22N2OS. The van der Waals surface area contributed by atoms with Crippen molar-refractivity contribution in [2.45, 2.75) is 25.8 Å². The molecule has 1 aliphatic heterocycles. The number of nitrogens with two attached hydrogens (primary N) is 1. The Bertz CT molecular complexity index is 442. The average molecular weight is 278 g/mol. The molecule has 104 valence electrons. The maximum absolute atomic E-state index is 5.97. The second-order valence-corrected chi connectivity index (χ2v) is 5.77. The van der Waals surface area contributed by atoms with E-state index in [1.54, 1.807) is 7.11 Å². The van der Waals surface area contributed by atoms with Crippen LogP contribution < -0.4 is 10.5 Å². The fraction of sp³-hybridized carbons (Fsp3) is 0.533. The van der Waals surface area contributed by atoms with Crippen LogP contribution in [0.3, 0.4) is 0 Å². The first kappa shape index (κ1) is 14.3. The third-order valence-corrected chi connectivity index (χ3v) is 4.09. The molecule has 0 aromatic heterocycles. The molecule has 0 saturated carbocycles. The van der Waals surface area contributed by atoms with E-state index in [2.05, 4.69) is 17.9 Å². The predicted octanol–water partition coefficient (Wildman–Crippen LogP) is 2.75. The molecule has 0 spiro atoms. The number of piperidine rings is 1. The van der Waals surface area contributed by atoms with Crippen LogP contribution in [0.1, 0.15) is 31.4 Å². The third-order valence-electron chi connectivity index (χ3n) is 3.86. The minimum absolute atomic E-state index is 0.0256. The lowest BCUT2D eigenvalue weighted by molar-refractivity contribution is 0.170. The zero-order valence-corrected chi connectivity index (χ0v) is 12.5. The molecule has 0 radical (unpaired) electrons. The van der Waals surface area contributed by atoms with Gasteiger partial charge in [-0.1, -0.05) is 31.3 Å². The van der Waals surface area contributed by atoms with Crippen LogP contribution in [0.4, 0.5) is 0 Å². The second-order valence-electron chi connectivity index (χ2n) is 5.30. The van der Waals surface area contributed by atoms with Crippen molar-refractivity contribution in [3.05, 3.63) is 29.8 Å². The summed E-state index contributed by atoms with van der Waals surface area (Å²) in [6, 6.07) is 8.06. The van der Waals surface area contributed by atoms with E-state index >= 15 is 0 Å². The van der Waals surface area contributed by atoms with Gasteiger partial charge in [-0.3, -0.25) is 4.90 Å². The molecule has 1 saturated heterocycles. The van der Waals surface area contributed by atoms with E-state index < -0.39 is 0 Å². The van der Waals surface area contributed by atoms with Gasteiger partial charge in [-0.05, 0) is 49.5 Å². The minimum Gasteiger partial charge on any atom is -0.497 e. The zero-order chi connectivity index (χ0) is 13.8. The van der Waals surface area contributed by atoms with Crippen molar-refractivity contribution in [1.82, 2.24) is 4.90 Å². The molecule has 1 aliphatic rings. The summed E-state index contributed by atoms with van der Waals surface area (Å²) < 4.78 is 5.29. The molecule has 3 nitrogen and oxygen atoms in total. The number of hydrogen-bond acceptors (Lipinski definition) is 3. The lowest BCUT2D eigenvalue weighted by atomic mass is 9.95. The van der Waals surface area contributed by atoms with Gasteiger partial charge in [-0.25, -0.2) is 0 Å².